The van der Waals surface area contributed by atoms with Crippen molar-refractivity contribution < 1.29 is 28.7 Å². The first-order valence-corrected chi connectivity index (χ1v) is 15.0. The largest absolute Gasteiger partial charge is 0.423 e. The number of benzene rings is 5. The Hall–Kier alpha value is -6.61. The first-order chi connectivity index (χ1) is 23.3. The van der Waals surface area contributed by atoms with Gasteiger partial charge in [0.1, 0.15) is 11.5 Å². The second-order valence-corrected chi connectivity index (χ2v) is 10.6. The van der Waals surface area contributed by atoms with Gasteiger partial charge in [-0.15, -0.1) is 0 Å². The number of ether oxygens (including phenoxy) is 2. The average molecular weight is 638 g/mol. The first kappa shape index (κ1) is 32.8. The van der Waals surface area contributed by atoms with Crippen LogP contribution in [0, 0.1) is 6.92 Å². The van der Waals surface area contributed by atoms with Gasteiger partial charge >= 0.3 is 11.9 Å². The number of para-hydroxylation sites is 2. The third kappa shape index (κ3) is 9.45. The number of hydrogen-bond acceptors (Lipinski definition) is 7. The summed E-state index contributed by atoms with van der Waals surface area (Å²) in [6.45, 7) is 1.93. The van der Waals surface area contributed by atoms with Crippen LogP contribution in [0.15, 0.2) is 139 Å². The molecule has 0 aromatic heterocycles. The Balaban J connectivity index is 1.15. The number of carbonyl (C=O) groups excluding carboxylic acids is 4. The summed E-state index contributed by atoms with van der Waals surface area (Å²) < 4.78 is 11.1. The zero-order chi connectivity index (χ0) is 33.7. The lowest BCUT2D eigenvalue weighted by Gasteiger charge is -2.08. The maximum absolute atomic E-state index is 12.7. The van der Waals surface area contributed by atoms with Crippen LogP contribution in [0.5, 0.6) is 11.5 Å². The molecule has 0 saturated heterocycles. The van der Waals surface area contributed by atoms with E-state index in [1.165, 1.54) is 18.4 Å². The third-order valence-electron chi connectivity index (χ3n) is 6.95. The number of hydrazone groups is 1. The van der Waals surface area contributed by atoms with Crippen molar-refractivity contribution >= 4 is 41.7 Å². The molecular formula is C39H31N3O6. The maximum Gasteiger partial charge on any atom is 0.343 e. The second kappa shape index (κ2) is 16.1. The van der Waals surface area contributed by atoms with Crippen LogP contribution in [-0.4, -0.2) is 30.0 Å². The van der Waals surface area contributed by atoms with Gasteiger partial charge in [-0.25, -0.2) is 15.0 Å². The monoisotopic (exact) mass is 637 g/mol. The topological polar surface area (TPSA) is 123 Å². The molecule has 0 radical (unpaired) electrons. The molecule has 48 heavy (non-hydrogen) atoms. The van der Waals surface area contributed by atoms with E-state index in [0.29, 0.717) is 27.9 Å². The molecular weight excluding hydrogens is 606 g/mol. The predicted octanol–water partition coefficient (Wildman–Crippen LogP) is 6.78. The van der Waals surface area contributed by atoms with Crippen molar-refractivity contribution in [3.63, 3.8) is 0 Å². The smallest absolute Gasteiger partial charge is 0.343 e. The molecule has 0 spiro atoms. The van der Waals surface area contributed by atoms with E-state index in [4.69, 9.17) is 9.47 Å². The fourth-order valence-electron chi connectivity index (χ4n) is 4.46. The molecule has 0 bridgehead atoms. The molecule has 5 rings (SSSR count). The van der Waals surface area contributed by atoms with E-state index in [9.17, 15) is 19.2 Å². The lowest BCUT2D eigenvalue weighted by molar-refractivity contribution is -0.129. The first-order valence-electron chi connectivity index (χ1n) is 15.0. The minimum Gasteiger partial charge on any atom is -0.423 e. The summed E-state index contributed by atoms with van der Waals surface area (Å²) in [5.41, 5.74) is 6.64. The van der Waals surface area contributed by atoms with E-state index in [0.717, 1.165) is 11.1 Å². The molecule has 9 heteroatoms. The Kier molecular flexibility index (Phi) is 11.0. The molecule has 5 aromatic rings. The standard InChI is InChI=1S/C39H31N3O6/c1-27-15-17-31(18-16-27)39(46)48-34-13-7-5-11-29(34)21-24-37(44)47-35-14-8-6-12-32(35)26-40-42-38(45)30-19-22-33(23-20-30)41-36(43)25-28-9-3-2-4-10-28/h2-24,26H,25H2,1H3,(H,41,43)(H,42,45)/b24-21+,40-26+. The van der Waals surface area contributed by atoms with Gasteiger partial charge < -0.3 is 14.8 Å². The molecule has 0 aliphatic heterocycles. The average Bonchev–Trinajstić information content (AvgIpc) is 3.09. The molecule has 0 atom stereocenters. The molecule has 5 aromatic carbocycles. The molecule has 9 nitrogen and oxygen atoms in total. The summed E-state index contributed by atoms with van der Waals surface area (Å²) in [4.78, 5) is 50.3. The Morgan fingerprint density at radius 2 is 1.27 bits per heavy atom. The van der Waals surface area contributed by atoms with Crippen LogP contribution in [0.4, 0.5) is 5.69 Å². The van der Waals surface area contributed by atoms with Gasteiger partial charge in [-0.2, -0.15) is 5.10 Å². The molecule has 0 aliphatic carbocycles. The van der Waals surface area contributed by atoms with Gasteiger partial charge in [0.2, 0.25) is 5.91 Å². The van der Waals surface area contributed by atoms with Gasteiger partial charge in [-0.3, -0.25) is 9.59 Å². The van der Waals surface area contributed by atoms with Gasteiger partial charge in [0.05, 0.1) is 18.2 Å². The Morgan fingerprint density at radius 3 is 1.98 bits per heavy atom. The van der Waals surface area contributed by atoms with Crippen molar-refractivity contribution in [2.24, 2.45) is 5.10 Å². The third-order valence-corrected chi connectivity index (χ3v) is 6.95. The minimum atomic E-state index is -0.671. The van der Waals surface area contributed by atoms with E-state index >= 15 is 0 Å². The summed E-state index contributed by atoms with van der Waals surface area (Å²) in [5, 5.41) is 6.83. The van der Waals surface area contributed by atoms with Crippen molar-refractivity contribution in [3.8, 4) is 11.5 Å². The van der Waals surface area contributed by atoms with Crippen LogP contribution < -0.4 is 20.2 Å². The highest BCUT2D eigenvalue weighted by atomic mass is 16.5. The van der Waals surface area contributed by atoms with E-state index in [-0.39, 0.29) is 23.8 Å². The molecule has 0 aliphatic rings. The molecule has 2 amide bonds. The number of nitrogens with one attached hydrogen (secondary N) is 2. The number of amides is 2. The lowest BCUT2D eigenvalue weighted by Crippen LogP contribution is -2.18. The van der Waals surface area contributed by atoms with Crippen molar-refractivity contribution in [2.45, 2.75) is 13.3 Å². The number of anilines is 1. The quantitative estimate of drug-likeness (QED) is 0.0541. The Bertz CT molecular complexity index is 1970. The Labute approximate surface area is 277 Å². The fourth-order valence-corrected chi connectivity index (χ4v) is 4.46. The molecule has 238 valence electrons. The predicted molar refractivity (Wildman–Crippen MR) is 184 cm³/mol. The molecule has 0 heterocycles. The molecule has 2 N–H and O–H groups in total. The second-order valence-electron chi connectivity index (χ2n) is 10.6. The van der Waals surface area contributed by atoms with Crippen LogP contribution in [0.3, 0.4) is 0 Å². The van der Waals surface area contributed by atoms with Crippen LogP contribution in [0.2, 0.25) is 0 Å². The normalized spacial score (nSPS) is 10.9. The highest BCUT2D eigenvalue weighted by molar-refractivity contribution is 5.97. The number of carbonyl (C=O) groups is 4. The summed E-state index contributed by atoms with van der Waals surface area (Å²) in [7, 11) is 0. The van der Waals surface area contributed by atoms with E-state index in [1.54, 1.807) is 84.9 Å². The van der Waals surface area contributed by atoms with Crippen molar-refractivity contribution in [1.82, 2.24) is 5.43 Å². The summed E-state index contributed by atoms with van der Waals surface area (Å²) in [5.74, 6) is -1.30. The number of esters is 2. The highest BCUT2D eigenvalue weighted by Crippen LogP contribution is 2.22. The van der Waals surface area contributed by atoms with E-state index in [1.807, 2.05) is 49.4 Å². The van der Waals surface area contributed by atoms with Gasteiger partial charge in [-0.1, -0.05) is 78.4 Å². The Morgan fingerprint density at radius 1 is 0.667 bits per heavy atom. The van der Waals surface area contributed by atoms with Crippen molar-refractivity contribution in [1.29, 1.82) is 0 Å². The highest BCUT2D eigenvalue weighted by Gasteiger charge is 2.12. The number of rotatable bonds is 11. The fraction of sp³-hybridized carbons (Fsp3) is 0.0513. The van der Waals surface area contributed by atoms with Gasteiger partial charge in [0.15, 0.2) is 0 Å². The van der Waals surface area contributed by atoms with Gasteiger partial charge in [0.25, 0.3) is 5.91 Å². The van der Waals surface area contributed by atoms with E-state index in [2.05, 4.69) is 15.8 Å². The van der Waals surface area contributed by atoms with Crippen molar-refractivity contribution in [3.05, 3.63) is 167 Å². The SMILES string of the molecule is Cc1ccc(C(=O)Oc2ccccc2/C=C/C(=O)Oc2ccccc2/C=N/NC(=O)c2ccc(NC(=O)Cc3ccccc3)cc2)cc1. The molecule has 0 saturated carbocycles. The summed E-state index contributed by atoms with van der Waals surface area (Å²) in [6, 6.07) is 36.4. The maximum atomic E-state index is 12.7. The zero-order valence-corrected chi connectivity index (χ0v) is 26.0. The summed E-state index contributed by atoms with van der Waals surface area (Å²) >= 11 is 0. The molecule has 0 fully saturated rings. The number of nitrogens with zero attached hydrogens (tertiary/aromatic N) is 1. The summed E-state index contributed by atoms with van der Waals surface area (Å²) in [6.07, 6.45) is 4.33. The van der Waals surface area contributed by atoms with Crippen LogP contribution in [-0.2, 0) is 16.0 Å². The van der Waals surface area contributed by atoms with Crippen LogP contribution in [0.1, 0.15) is 43.0 Å². The zero-order valence-electron chi connectivity index (χ0n) is 26.0. The van der Waals surface area contributed by atoms with Gasteiger partial charge in [0, 0.05) is 28.5 Å². The van der Waals surface area contributed by atoms with E-state index < -0.39 is 17.8 Å². The number of hydrogen-bond donors (Lipinski definition) is 2. The minimum absolute atomic E-state index is 0.165. The van der Waals surface area contributed by atoms with Crippen molar-refractivity contribution in [2.75, 3.05) is 5.32 Å². The van der Waals surface area contributed by atoms with Gasteiger partial charge in [-0.05, 0) is 73.2 Å². The molecule has 0 unspecified atom stereocenters. The van der Waals surface area contributed by atoms with Crippen LogP contribution in [0.25, 0.3) is 6.08 Å². The lowest BCUT2D eigenvalue weighted by atomic mass is 10.1. The van der Waals surface area contributed by atoms with Crippen LogP contribution >= 0.6 is 0 Å². The number of aryl methyl sites for hydroxylation is 1.